The molecule has 11 heteroatoms. The van der Waals surface area contributed by atoms with Crippen molar-refractivity contribution in [2.24, 2.45) is 0 Å². The molecule has 0 spiro atoms. The summed E-state index contributed by atoms with van der Waals surface area (Å²) in [5, 5.41) is 7.48. The largest absolute Gasteiger partial charge is 0.497 e. The van der Waals surface area contributed by atoms with Gasteiger partial charge in [0.25, 0.3) is 11.8 Å². The van der Waals surface area contributed by atoms with Crippen molar-refractivity contribution in [2.45, 2.75) is 12.1 Å². The molecule has 6 amide bonds. The number of nitrogens with one attached hydrogen (secondary N) is 3. The standard InChI is InChI=1S/C23H20N6O5/c1-34-16-4-3-15-12-28(19(30)17(15)10-16)13-23(20(31)26-21(32)27-23)7-6-14-2-5-18(25-11-14)29-9-8-24-22(29)33/h2-5,10-11H,8-9,12-13H2,1H3,(H,24,33)(H2,26,27,31,32)/t23-/m1/s1. The zero-order valence-corrected chi connectivity index (χ0v) is 18.2. The van der Waals surface area contributed by atoms with Gasteiger partial charge in [0.15, 0.2) is 0 Å². The van der Waals surface area contributed by atoms with Crippen LogP contribution in [0.25, 0.3) is 0 Å². The predicted octanol–water partition coefficient (Wildman–Crippen LogP) is 0.206. The first kappa shape index (κ1) is 21.3. The number of urea groups is 2. The van der Waals surface area contributed by atoms with Gasteiger partial charge in [-0.1, -0.05) is 17.9 Å². The third-order valence-electron chi connectivity index (χ3n) is 5.87. The highest BCUT2D eigenvalue weighted by atomic mass is 16.5. The number of anilines is 1. The van der Waals surface area contributed by atoms with Gasteiger partial charge in [0.2, 0.25) is 5.54 Å². The van der Waals surface area contributed by atoms with E-state index in [1.165, 1.54) is 23.1 Å². The van der Waals surface area contributed by atoms with Crippen molar-refractivity contribution in [1.82, 2.24) is 25.8 Å². The van der Waals surface area contributed by atoms with E-state index in [2.05, 4.69) is 32.8 Å². The summed E-state index contributed by atoms with van der Waals surface area (Å²) in [6, 6.07) is 7.64. The highest BCUT2D eigenvalue weighted by molar-refractivity contribution is 6.10. The van der Waals surface area contributed by atoms with E-state index in [1.807, 2.05) is 0 Å². The van der Waals surface area contributed by atoms with E-state index in [1.54, 1.807) is 30.3 Å². The number of aromatic nitrogens is 1. The van der Waals surface area contributed by atoms with Crippen LogP contribution in [-0.4, -0.2) is 66.0 Å². The molecule has 2 aromatic rings. The molecule has 0 saturated carbocycles. The molecule has 0 radical (unpaired) electrons. The summed E-state index contributed by atoms with van der Waals surface area (Å²) in [5.41, 5.74) is 0.145. The topological polar surface area (TPSA) is 133 Å². The smallest absolute Gasteiger partial charge is 0.323 e. The van der Waals surface area contributed by atoms with Crippen LogP contribution < -0.4 is 25.6 Å². The van der Waals surface area contributed by atoms with Gasteiger partial charge >= 0.3 is 12.1 Å². The molecule has 1 atom stereocenters. The Morgan fingerprint density at radius 3 is 2.68 bits per heavy atom. The van der Waals surface area contributed by atoms with Crippen LogP contribution >= 0.6 is 0 Å². The molecule has 34 heavy (non-hydrogen) atoms. The quantitative estimate of drug-likeness (QED) is 0.441. The SMILES string of the molecule is COc1ccc2c(c1)C(=O)N(C[C@@]1(C#Cc3ccc(N4CCNC4=O)nc3)NC(=O)NC1=O)C2. The summed E-state index contributed by atoms with van der Waals surface area (Å²) in [7, 11) is 1.52. The summed E-state index contributed by atoms with van der Waals surface area (Å²) >= 11 is 0. The number of benzene rings is 1. The lowest BCUT2D eigenvalue weighted by Gasteiger charge is -2.26. The molecule has 0 unspecified atom stereocenters. The molecule has 2 saturated heterocycles. The molecule has 3 aliphatic rings. The second-order valence-corrected chi connectivity index (χ2v) is 8.04. The van der Waals surface area contributed by atoms with Crippen LogP contribution in [0.4, 0.5) is 15.4 Å². The summed E-state index contributed by atoms with van der Waals surface area (Å²) < 4.78 is 5.20. The Kier molecular flexibility index (Phi) is 5.05. The molecular weight excluding hydrogens is 440 g/mol. The van der Waals surface area contributed by atoms with Gasteiger partial charge in [-0.15, -0.1) is 0 Å². The number of hydrogen-bond donors (Lipinski definition) is 3. The number of carbonyl (C=O) groups excluding carboxylic acids is 4. The fraction of sp³-hybridized carbons (Fsp3) is 0.261. The molecule has 11 nitrogen and oxygen atoms in total. The number of carbonyl (C=O) groups is 4. The van der Waals surface area contributed by atoms with E-state index in [4.69, 9.17) is 4.74 Å². The summed E-state index contributed by atoms with van der Waals surface area (Å²) in [4.78, 5) is 56.7. The van der Waals surface area contributed by atoms with E-state index in [0.717, 1.165) is 5.56 Å². The van der Waals surface area contributed by atoms with Crippen LogP contribution in [-0.2, 0) is 11.3 Å². The van der Waals surface area contributed by atoms with Crippen molar-refractivity contribution >= 4 is 29.7 Å². The van der Waals surface area contributed by atoms with Crippen LogP contribution in [0.1, 0.15) is 21.5 Å². The molecule has 1 aromatic heterocycles. The predicted molar refractivity (Wildman–Crippen MR) is 119 cm³/mol. The van der Waals surface area contributed by atoms with Gasteiger partial charge in [-0.05, 0) is 29.8 Å². The van der Waals surface area contributed by atoms with E-state index in [0.29, 0.717) is 35.8 Å². The highest BCUT2D eigenvalue weighted by Gasteiger charge is 2.48. The van der Waals surface area contributed by atoms with Gasteiger partial charge in [0.05, 0.1) is 13.7 Å². The minimum atomic E-state index is -1.62. The van der Waals surface area contributed by atoms with Gasteiger partial charge in [-0.25, -0.2) is 14.6 Å². The fourth-order valence-corrected chi connectivity index (χ4v) is 4.10. The summed E-state index contributed by atoms with van der Waals surface area (Å²) in [6.07, 6.45) is 1.49. The maximum absolute atomic E-state index is 13.0. The van der Waals surface area contributed by atoms with Gasteiger partial charge in [-0.2, -0.15) is 0 Å². The molecular formula is C23H20N6O5. The molecule has 1 aromatic carbocycles. The third kappa shape index (κ3) is 3.65. The van der Waals surface area contributed by atoms with Crippen molar-refractivity contribution in [3.05, 3.63) is 53.2 Å². The first-order valence-corrected chi connectivity index (χ1v) is 10.5. The van der Waals surface area contributed by atoms with Crippen molar-refractivity contribution in [2.75, 3.05) is 31.6 Å². The molecule has 0 bridgehead atoms. The van der Waals surface area contributed by atoms with E-state index >= 15 is 0 Å². The molecule has 5 rings (SSSR count). The normalized spacial score (nSPS) is 21.0. The van der Waals surface area contributed by atoms with Crippen LogP contribution in [0.5, 0.6) is 5.75 Å². The maximum atomic E-state index is 13.0. The molecule has 172 valence electrons. The second-order valence-electron chi connectivity index (χ2n) is 8.04. The monoisotopic (exact) mass is 460 g/mol. The van der Waals surface area contributed by atoms with Crippen LogP contribution in [0, 0.1) is 11.8 Å². The summed E-state index contributed by atoms with van der Waals surface area (Å²) in [6.45, 7) is 1.21. The van der Waals surface area contributed by atoms with Crippen molar-refractivity contribution in [3.8, 4) is 17.6 Å². The number of hydrogen-bond acceptors (Lipinski definition) is 6. The Labute approximate surface area is 194 Å². The Bertz CT molecular complexity index is 1280. The van der Waals surface area contributed by atoms with Gasteiger partial charge in [0, 0.05) is 37.0 Å². The van der Waals surface area contributed by atoms with Crippen molar-refractivity contribution in [3.63, 3.8) is 0 Å². The number of amides is 6. The first-order valence-electron chi connectivity index (χ1n) is 10.5. The number of rotatable bonds is 4. The number of methoxy groups -OCH3 is 1. The molecule has 3 aliphatic heterocycles. The Balaban J connectivity index is 1.39. The third-order valence-corrected chi connectivity index (χ3v) is 5.87. The molecule has 0 aliphatic carbocycles. The first-order chi connectivity index (χ1) is 16.4. The van der Waals surface area contributed by atoms with Crippen LogP contribution in [0.2, 0.25) is 0 Å². The lowest BCUT2D eigenvalue weighted by Crippen LogP contribution is -2.54. The molecule has 3 N–H and O–H groups in total. The fourth-order valence-electron chi connectivity index (χ4n) is 4.10. The lowest BCUT2D eigenvalue weighted by atomic mass is 9.99. The average molecular weight is 460 g/mol. The van der Waals surface area contributed by atoms with E-state index < -0.39 is 17.5 Å². The minimum absolute atomic E-state index is 0.132. The van der Waals surface area contributed by atoms with Crippen molar-refractivity contribution < 1.29 is 23.9 Å². The highest BCUT2D eigenvalue weighted by Crippen LogP contribution is 2.28. The number of pyridine rings is 1. The average Bonchev–Trinajstić information content (AvgIpc) is 3.48. The Morgan fingerprint density at radius 1 is 1.18 bits per heavy atom. The van der Waals surface area contributed by atoms with Crippen LogP contribution in [0.3, 0.4) is 0 Å². The molecule has 4 heterocycles. The molecule has 2 fully saturated rings. The zero-order chi connectivity index (χ0) is 23.9. The number of nitrogens with zero attached hydrogens (tertiary/aromatic N) is 3. The number of ether oxygens (including phenoxy) is 1. The van der Waals surface area contributed by atoms with Gasteiger partial charge in [0.1, 0.15) is 11.6 Å². The van der Waals surface area contributed by atoms with Gasteiger partial charge < -0.3 is 20.3 Å². The number of imide groups is 1. The van der Waals surface area contributed by atoms with Crippen LogP contribution in [0.15, 0.2) is 36.5 Å². The summed E-state index contributed by atoms with van der Waals surface area (Å²) in [5.74, 6) is 5.84. The second kappa shape index (κ2) is 8.08. The van der Waals surface area contributed by atoms with E-state index in [9.17, 15) is 19.2 Å². The Morgan fingerprint density at radius 2 is 2.03 bits per heavy atom. The number of fused-ring (bicyclic) bond motifs is 1. The van der Waals surface area contributed by atoms with E-state index in [-0.39, 0.29) is 25.0 Å². The van der Waals surface area contributed by atoms with Gasteiger partial charge in [-0.3, -0.25) is 19.8 Å². The minimum Gasteiger partial charge on any atom is -0.497 e. The maximum Gasteiger partial charge on any atom is 0.323 e. The lowest BCUT2D eigenvalue weighted by molar-refractivity contribution is -0.122. The Hall–Kier alpha value is -4.59. The van der Waals surface area contributed by atoms with Crippen molar-refractivity contribution in [1.29, 1.82) is 0 Å². The zero-order valence-electron chi connectivity index (χ0n) is 18.2.